The summed E-state index contributed by atoms with van der Waals surface area (Å²) in [5.41, 5.74) is -1.33. The summed E-state index contributed by atoms with van der Waals surface area (Å²) in [6.45, 7) is -6.64. The zero-order chi connectivity index (χ0) is 22.3. The van der Waals surface area contributed by atoms with E-state index in [1.807, 2.05) is 5.32 Å². The number of alkyl halides is 3. The van der Waals surface area contributed by atoms with Crippen LogP contribution < -0.4 is 10.6 Å². The Kier molecular flexibility index (Phi) is 2.60. The van der Waals surface area contributed by atoms with E-state index in [9.17, 15) is 13.2 Å². The molecule has 0 saturated carbocycles. The number of rotatable bonds is 4. The van der Waals surface area contributed by atoms with E-state index in [1.165, 1.54) is 6.07 Å². The Labute approximate surface area is 139 Å². The van der Waals surface area contributed by atoms with Gasteiger partial charge in [0.05, 0.1) is 1.37 Å². The Morgan fingerprint density at radius 2 is 2.00 bits per heavy atom. The Hall–Kier alpha value is -2.16. The van der Waals surface area contributed by atoms with Gasteiger partial charge in [0, 0.05) is 26.1 Å². The van der Waals surface area contributed by atoms with Crippen LogP contribution in [0.1, 0.15) is 29.0 Å². The molecule has 10 heteroatoms. The third kappa shape index (κ3) is 4.42. The van der Waals surface area contributed by atoms with Gasteiger partial charge in [0.15, 0.2) is 0 Å². The van der Waals surface area contributed by atoms with Crippen LogP contribution in [-0.4, -0.2) is 26.0 Å². The van der Waals surface area contributed by atoms with Crippen molar-refractivity contribution in [2.24, 2.45) is 0 Å². The molecule has 0 radical (unpaired) electrons. The third-order valence-electron chi connectivity index (χ3n) is 2.15. The van der Waals surface area contributed by atoms with Crippen LogP contribution in [0.3, 0.4) is 0 Å². The van der Waals surface area contributed by atoms with Crippen LogP contribution in [0.5, 0.6) is 0 Å². The highest BCUT2D eigenvalue weighted by molar-refractivity contribution is 6.28. The lowest BCUT2D eigenvalue weighted by Gasteiger charge is -2.11. The van der Waals surface area contributed by atoms with Crippen LogP contribution in [0.25, 0.3) is 0 Å². The van der Waals surface area contributed by atoms with Crippen molar-refractivity contribution in [3.05, 3.63) is 29.3 Å². The number of anilines is 3. The molecular formula is C12H12ClF3N6. The first kappa shape index (κ1) is 9.09. The molecule has 2 rings (SSSR count). The molecule has 0 aliphatic carbocycles. The Balaban J connectivity index is 2.38. The molecule has 0 saturated heterocycles. The van der Waals surface area contributed by atoms with Crippen LogP contribution in [0.4, 0.5) is 30.8 Å². The van der Waals surface area contributed by atoms with Gasteiger partial charge in [-0.15, -0.1) is 0 Å². The van der Waals surface area contributed by atoms with E-state index in [1.54, 1.807) is 0 Å². The zero-order valence-electron chi connectivity index (χ0n) is 17.5. The van der Waals surface area contributed by atoms with E-state index in [-0.39, 0.29) is 5.69 Å². The molecule has 22 heavy (non-hydrogen) atoms. The summed E-state index contributed by atoms with van der Waals surface area (Å²) in [7, 11) is 0. The van der Waals surface area contributed by atoms with Crippen LogP contribution in [0, 0.1) is 0 Å². The number of aromatic nitrogens is 4. The maximum atomic E-state index is 12.8. The molecule has 0 fully saturated rings. The summed E-state index contributed by atoms with van der Waals surface area (Å²) < 4.78 is 90.2. The lowest BCUT2D eigenvalue weighted by molar-refractivity contribution is -0.141. The van der Waals surface area contributed by atoms with E-state index in [0.717, 1.165) is 6.20 Å². The van der Waals surface area contributed by atoms with Gasteiger partial charge in [0.2, 0.25) is 17.2 Å². The van der Waals surface area contributed by atoms with E-state index in [0.29, 0.717) is 6.07 Å². The van der Waals surface area contributed by atoms with Crippen LogP contribution in [-0.2, 0) is 6.18 Å². The van der Waals surface area contributed by atoms with Crippen molar-refractivity contribution in [1.82, 2.24) is 19.9 Å². The van der Waals surface area contributed by atoms with Gasteiger partial charge in [0.1, 0.15) is 5.69 Å². The van der Waals surface area contributed by atoms with Gasteiger partial charge in [-0.2, -0.15) is 28.1 Å². The highest BCUT2D eigenvalue weighted by Crippen LogP contribution is 2.29. The van der Waals surface area contributed by atoms with Crippen molar-refractivity contribution in [3.63, 3.8) is 0 Å². The van der Waals surface area contributed by atoms with Crippen molar-refractivity contribution < 1.29 is 22.8 Å². The topological polar surface area (TPSA) is 75.6 Å². The van der Waals surface area contributed by atoms with Crippen LogP contribution >= 0.6 is 11.6 Å². The van der Waals surface area contributed by atoms with E-state index in [4.69, 9.17) is 21.2 Å². The molecule has 0 aliphatic rings. The Morgan fingerprint density at radius 1 is 1.27 bits per heavy atom. The molecule has 2 aromatic heterocycles. The van der Waals surface area contributed by atoms with Crippen LogP contribution in [0.2, 0.25) is 5.28 Å². The van der Waals surface area contributed by atoms with Gasteiger partial charge < -0.3 is 10.6 Å². The molecule has 6 nitrogen and oxygen atoms in total. The molecule has 0 bridgehead atoms. The molecule has 0 unspecified atom stereocenters. The summed E-state index contributed by atoms with van der Waals surface area (Å²) in [6.07, 6.45) is -3.82. The standard InChI is InChI=1S/C12H12ClF3N6/c1-6(2)18-10-20-9(13)21-11(22-10)19-7-3-4-17-8(5-7)12(14,15)16/h3-6H,1-2H3,(H2,17,18,19,20,21,22)/i1D3,2D3,6D. The maximum Gasteiger partial charge on any atom is 0.433 e. The zero-order valence-corrected chi connectivity index (χ0v) is 11.3. The molecular weight excluding hydrogens is 321 g/mol. The van der Waals surface area contributed by atoms with Crippen molar-refractivity contribution in [2.75, 3.05) is 10.6 Å². The second-order valence-electron chi connectivity index (χ2n) is 3.80. The number of hydrogen-bond acceptors (Lipinski definition) is 6. The highest BCUT2D eigenvalue weighted by atomic mass is 35.5. The lowest BCUT2D eigenvalue weighted by Crippen LogP contribution is -2.14. The van der Waals surface area contributed by atoms with Crippen molar-refractivity contribution in [2.45, 2.75) is 25.9 Å². The average molecular weight is 340 g/mol. The smallest absolute Gasteiger partial charge is 0.352 e. The largest absolute Gasteiger partial charge is 0.433 e. The van der Waals surface area contributed by atoms with E-state index < -0.39 is 48.8 Å². The number of pyridine rings is 1. The monoisotopic (exact) mass is 339 g/mol. The molecule has 0 amide bonds. The Morgan fingerprint density at radius 3 is 2.68 bits per heavy atom. The SMILES string of the molecule is [2H]C([2H])([2H])C([2H])(Nc1nc(Cl)nc(Nc2ccnc(C(F)(F)F)c2)n1)C([2H])([2H])[2H]. The summed E-state index contributed by atoms with van der Waals surface area (Å²) >= 11 is 5.70. The first-order valence-electron chi connectivity index (χ1n) is 9.03. The molecule has 0 spiro atoms. The lowest BCUT2D eigenvalue weighted by atomic mass is 10.3. The predicted octanol–water partition coefficient (Wildman–Crippen LogP) is 3.50. The number of nitrogens with one attached hydrogen (secondary N) is 2. The summed E-state index contributed by atoms with van der Waals surface area (Å²) in [5.74, 6) is -1.11. The quantitative estimate of drug-likeness (QED) is 0.888. The number of nitrogens with zero attached hydrogens (tertiary/aromatic N) is 4. The van der Waals surface area contributed by atoms with Crippen molar-refractivity contribution >= 4 is 29.2 Å². The normalized spacial score (nSPS) is 17.9. The Bertz CT molecular complexity index is 876. The molecule has 0 aromatic carbocycles. The van der Waals surface area contributed by atoms with Crippen molar-refractivity contribution in [3.8, 4) is 0 Å². The fraction of sp³-hybridized carbons (Fsp3) is 0.333. The van der Waals surface area contributed by atoms with Gasteiger partial charge in [-0.1, -0.05) is 0 Å². The fourth-order valence-corrected chi connectivity index (χ4v) is 1.53. The molecule has 0 atom stereocenters. The molecule has 0 aliphatic heterocycles. The molecule has 2 N–H and O–H groups in total. The first-order valence-corrected chi connectivity index (χ1v) is 5.91. The minimum absolute atomic E-state index is 0.135. The van der Waals surface area contributed by atoms with E-state index in [2.05, 4.69) is 25.3 Å². The highest BCUT2D eigenvalue weighted by Gasteiger charge is 2.32. The third-order valence-corrected chi connectivity index (χ3v) is 2.32. The van der Waals surface area contributed by atoms with Gasteiger partial charge in [-0.05, 0) is 37.4 Å². The summed E-state index contributed by atoms with van der Waals surface area (Å²) in [4.78, 5) is 14.0. The average Bonchev–Trinajstić information content (AvgIpc) is 2.51. The summed E-state index contributed by atoms with van der Waals surface area (Å²) in [6, 6.07) is -1.37. The van der Waals surface area contributed by atoms with Gasteiger partial charge in [0.25, 0.3) is 0 Å². The van der Waals surface area contributed by atoms with Gasteiger partial charge in [-0.3, -0.25) is 4.98 Å². The number of hydrogen-bond donors (Lipinski definition) is 2. The van der Waals surface area contributed by atoms with Gasteiger partial charge in [-0.25, -0.2) is 0 Å². The minimum Gasteiger partial charge on any atom is -0.352 e. The molecule has 2 heterocycles. The van der Waals surface area contributed by atoms with Crippen LogP contribution in [0.15, 0.2) is 18.3 Å². The predicted molar refractivity (Wildman–Crippen MR) is 76.1 cm³/mol. The van der Waals surface area contributed by atoms with E-state index >= 15 is 0 Å². The maximum absolute atomic E-state index is 12.8. The van der Waals surface area contributed by atoms with Gasteiger partial charge >= 0.3 is 6.18 Å². The summed E-state index contributed by atoms with van der Waals surface area (Å²) in [5, 5.41) is 3.76. The van der Waals surface area contributed by atoms with Crippen molar-refractivity contribution in [1.29, 1.82) is 0 Å². The second-order valence-corrected chi connectivity index (χ2v) is 4.14. The number of halogens is 4. The molecule has 118 valence electrons. The first-order chi connectivity index (χ1) is 13.0. The second kappa shape index (κ2) is 6.30. The fourth-order valence-electron chi connectivity index (χ4n) is 1.37. The molecule has 2 aromatic rings. The minimum atomic E-state index is -4.70.